The molecule has 4 N–H and O–H groups in total. The summed E-state index contributed by atoms with van der Waals surface area (Å²) in [6, 6.07) is 27.3. The Morgan fingerprint density at radius 3 is 1.94 bits per heavy atom. The second-order valence-electron chi connectivity index (χ2n) is 16.2. The third-order valence-electron chi connectivity index (χ3n) is 11.2. The first-order chi connectivity index (χ1) is 31.4. The Bertz CT molecular complexity index is 2060. The maximum atomic E-state index is 14.7. The zero-order valence-corrected chi connectivity index (χ0v) is 37.9. The Morgan fingerprint density at radius 1 is 0.785 bits per heavy atom. The molecule has 1 unspecified atom stereocenters. The van der Waals surface area contributed by atoms with Crippen molar-refractivity contribution >= 4 is 47.0 Å². The van der Waals surface area contributed by atoms with Crippen molar-refractivity contribution in [3.63, 3.8) is 0 Å². The Kier molecular flexibility index (Phi) is 20.4. The van der Waals surface area contributed by atoms with E-state index in [0.717, 1.165) is 29.5 Å². The van der Waals surface area contributed by atoms with Crippen molar-refractivity contribution in [3.05, 3.63) is 125 Å². The van der Waals surface area contributed by atoms with E-state index in [1.54, 1.807) is 35.8 Å². The van der Waals surface area contributed by atoms with Gasteiger partial charge in [0.05, 0.1) is 45.2 Å². The molecule has 1 aromatic heterocycles. The normalized spacial score (nSPS) is 13.3. The molecule has 0 aliphatic carbocycles. The number of halogens is 1. The standard InChI is InChI=1S/C48H62ClN9O7/c1-37(59)53-22-28-58(32-44(50)60)48(64)33-55(24-9-23-54-27-21-51-36-54)46(62)35-57(25-19-38-15-17-41(49)18-16-38)47(63)34-56(45(61)31-52-30-42-14-8-29-65-42)26-20-43(39-10-4-2-5-11-39)40-12-6-3-7-13-40/h2-7,10-13,15-18,21,27,36,42-43,52H,8-9,14,19-20,22-26,28-35H2,1H3,(H2,50,60)(H,53,59). The number of nitrogens with two attached hydrogens (primary N) is 1. The van der Waals surface area contributed by atoms with Gasteiger partial charge in [-0.2, -0.15) is 0 Å². The smallest absolute Gasteiger partial charge is 0.242 e. The number of primary amides is 1. The minimum Gasteiger partial charge on any atom is -0.377 e. The molecule has 1 aliphatic heterocycles. The summed E-state index contributed by atoms with van der Waals surface area (Å²) in [7, 11) is 0. The van der Waals surface area contributed by atoms with Gasteiger partial charge in [0.25, 0.3) is 0 Å². The van der Waals surface area contributed by atoms with Crippen molar-refractivity contribution in [2.75, 3.05) is 78.6 Å². The molecule has 65 heavy (non-hydrogen) atoms. The fraction of sp³-hybridized carbons (Fsp3) is 0.438. The number of imidazole rings is 1. The lowest BCUT2D eigenvalue weighted by atomic mass is 9.88. The van der Waals surface area contributed by atoms with E-state index >= 15 is 0 Å². The van der Waals surface area contributed by atoms with Gasteiger partial charge < -0.3 is 45.3 Å². The predicted molar refractivity (Wildman–Crippen MR) is 247 cm³/mol. The molecule has 348 valence electrons. The molecule has 0 bridgehead atoms. The van der Waals surface area contributed by atoms with Crippen LogP contribution in [0.15, 0.2) is 104 Å². The Labute approximate surface area is 386 Å². The summed E-state index contributed by atoms with van der Waals surface area (Å²) < 4.78 is 7.61. The van der Waals surface area contributed by atoms with E-state index in [2.05, 4.69) is 39.9 Å². The molecule has 16 nitrogen and oxygen atoms in total. The fourth-order valence-corrected chi connectivity index (χ4v) is 7.86. The van der Waals surface area contributed by atoms with Crippen LogP contribution in [-0.4, -0.2) is 149 Å². The van der Waals surface area contributed by atoms with Crippen molar-refractivity contribution in [3.8, 4) is 0 Å². The van der Waals surface area contributed by atoms with Crippen molar-refractivity contribution in [1.82, 2.24) is 39.8 Å². The predicted octanol–water partition coefficient (Wildman–Crippen LogP) is 3.10. The first kappa shape index (κ1) is 49.9. The van der Waals surface area contributed by atoms with Crippen LogP contribution in [-0.2, 0) is 46.5 Å². The van der Waals surface area contributed by atoms with E-state index in [0.29, 0.717) is 44.0 Å². The zero-order chi connectivity index (χ0) is 46.4. The lowest BCUT2D eigenvalue weighted by Gasteiger charge is -2.31. The number of carbonyl (C=O) groups is 6. The highest BCUT2D eigenvalue weighted by Gasteiger charge is 2.28. The van der Waals surface area contributed by atoms with E-state index in [1.165, 1.54) is 21.6 Å². The molecule has 0 saturated carbocycles. The molecule has 1 fully saturated rings. The maximum Gasteiger partial charge on any atom is 0.242 e. The van der Waals surface area contributed by atoms with Crippen LogP contribution in [0.5, 0.6) is 0 Å². The summed E-state index contributed by atoms with van der Waals surface area (Å²) in [5.41, 5.74) is 8.53. The molecule has 0 radical (unpaired) electrons. The fourth-order valence-electron chi connectivity index (χ4n) is 7.73. The van der Waals surface area contributed by atoms with E-state index in [4.69, 9.17) is 22.1 Å². The van der Waals surface area contributed by atoms with Gasteiger partial charge in [0.1, 0.15) is 0 Å². The number of nitrogens with zero attached hydrogens (tertiary/aromatic N) is 6. The molecular formula is C48H62ClN9O7. The first-order valence-corrected chi connectivity index (χ1v) is 22.6. The van der Waals surface area contributed by atoms with Crippen LogP contribution in [0.3, 0.4) is 0 Å². The number of ether oxygens (including phenoxy) is 1. The van der Waals surface area contributed by atoms with Crippen molar-refractivity contribution in [2.45, 2.75) is 57.6 Å². The lowest BCUT2D eigenvalue weighted by Crippen LogP contribution is -2.52. The minimum absolute atomic E-state index is 0.00523. The summed E-state index contributed by atoms with van der Waals surface area (Å²) in [6.45, 7) is 2.11. The monoisotopic (exact) mass is 911 g/mol. The Hall–Kier alpha value is -6.10. The molecule has 1 atom stereocenters. The zero-order valence-electron chi connectivity index (χ0n) is 37.2. The molecule has 3 aromatic carbocycles. The van der Waals surface area contributed by atoms with Crippen molar-refractivity contribution < 1.29 is 33.5 Å². The van der Waals surface area contributed by atoms with Crippen LogP contribution in [0.2, 0.25) is 5.02 Å². The molecule has 2 heterocycles. The molecule has 6 amide bonds. The Morgan fingerprint density at radius 2 is 1.38 bits per heavy atom. The number of aryl methyl sites for hydroxylation is 1. The van der Waals surface area contributed by atoms with Gasteiger partial charge in [-0.05, 0) is 60.9 Å². The molecule has 5 rings (SSSR count). The highest BCUT2D eigenvalue weighted by Crippen LogP contribution is 2.28. The highest BCUT2D eigenvalue weighted by atomic mass is 35.5. The van der Waals surface area contributed by atoms with Crippen molar-refractivity contribution in [1.29, 1.82) is 0 Å². The molecule has 1 aliphatic rings. The average Bonchev–Trinajstić information content (AvgIpc) is 4.03. The largest absolute Gasteiger partial charge is 0.377 e. The van der Waals surface area contributed by atoms with Gasteiger partial charge in [0, 0.05) is 82.7 Å². The van der Waals surface area contributed by atoms with Gasteiger partial charge in [-0.25, -0.2) is 4.98 Å². The van der Waals surface area contributed by atoms with Crippen molar-refractivity contribution in [2.24, 2.45) is 5.73 Å². The number of carbonyl (C=O) groups excluding carboxylic acids is 6. The van der Waals surface area contributed by atoms with Crippen LogP contribution in [0, 0.1) is 0 Å². The van der Waals surface area contributed by atoms with E-state index in [1.807, 2.05) is 53.1 Å². The van der Waals surface area contributed by atoms with Gasteiger partial charge in [0.2, 0.25) is 35.4 Å². The van der Waals surface area contributed by atoms with Crippen LogP contribution < -0.4 is 16.4 Å². The second kappa shape index (κ2) is 26.6. The van der Waals surface area contributed by atoms with Crippen LogP contribution in [0.4, 0.5) is 0 Å². The molecular weight excluding hydrogens is 850 g/mol. The van der Waals surface area contributed by atoms with Crippen LogP contribution in [0.1, 0.15) is 55.2 Å². The topological polar surface area (TPSA) is 193 Å². The molecule has 0 spiro atoms. The number of hydrogen-bond donors (Lipinski definition) is 3. The summed E-state index contributed by atoms with van der Waals surface area (Å²) in [6.07, 6.45) is 8.32. The number of rotatable bonds is 27. The van der Waals surface area contributed by atoms with Gasteiger partial charge in [-0.1, -0.05) is 84.4 Å². The molecule has 1 saturated heterocycles. The van der Waals surface area contributed by atoms with Crippen LogP contribution in [0.25, 0.3) is 0 Å². The minimum atomic E-state index is -0.752. The molecule has 17 heteroatoms. The second-order valence-corrected chi connectivity index (χ2v) is 16.6. The van der Waals surface area contributed by atoms with Gasteiger partial charge in [-0.15, -0.1) is 0 Å². The maximum absolute atomic E-state index is 14.7. The summed E-state index contributed by atoms with van der Waals surface area (Å²) in [5.74, 6) is -2.88. The third-order valence-corrected chi connectivity index (χ3v) is 11.5. The van der Waals surface area contributed by atoms with E-state index in [-0.39, 0.29) is 76.2 Å². The van der Waals surface area contributed by atoms with Gasteiger partial charge in [0.15, 0.2) is 0 Å². The lowest BCUT2D eigenvalue weighted by molar-refractivity contribution is -0.146. The summed E-state index contributed by atoms with van der Waals surface area (Å²) in [4.78, 5) is 90.3. The summed E-state index contributed by atoms with van der Waals surface area (Å²) in [5, 5.41) is 6.41. The third kappa shape index (κ3) is 17.4. The number of amides is 6. The number of aromatic nitrogens is 2. The van der Waals surface area contributed by atoms with Gasteiger partial charge in [-0.3, -0.25) is 28.8 Å². The quantitative estimate of drug-likeness (QED) is 0.0807. The summed E-state index contributed by atoms with van der Waals surface area (Å²) >= 11 is 6.18. The van der Waals surface area contributed by atoms with E-state index < -0.39 is 36.7 Å². The SMILES string of the molecule is CC(=O)NCCN(CC(N)=O)C(=O)CN(CCCn1ccnc1)C(=O)CN(CCc1ccc(Cl)cc1)C(=O)CN(CCC(c1ccccc1)c1ccccc1)C(=O)CNCC1CCCO1. The first-order valence-electron chi connectivity index (χ1n) is 22.2. The average molecular weight is 913 g/mol. The Balaban J connectivity index is 1.39. The van der Waals surface area contributed by atoms with E-state index in [9.17, 15) is 28.8 Å². The number of nitrogens with one attached hydrogen (secondary N) is 2. The highest BCUT2D eigenvalue weighted by molar-refractivity contribution is 6.30. The number of hydrogen-bond acceptors (Lipinski definition) is 9. The molecule has 4 aromatic rings. The van der Waals surface area contributed by atoms with Gasteiger partial charge >= 0.3 is 0 Å². The van der Waals surface area contributed by atoms with Crippen LogP contribution >= 0.6 is 11.6 Å². The number of benzene rings is 3.